The number of para-hydroxylation sites is 1. The average molecular weight is 685 g/mol. The maximum Gasteiger partial charge on any atom is 0.253 e. The van der Waals surface area contributed by atoms with Crippen LogP contribution in [0.1, 0.15) is 61.1 Å². The molecule has 4 atom stereocenters. The van der Waals surface area contributed by atoms with E-state index in [2.05, 4.69) is 20.1 Å². The Balaban J connectivity index is 1.31. The smallest absolute Gasteiger partial charge is 0.253 e. The van der Waals surface area contributed by atoms with Gasteiger partial charge in [-0.1, -0.05) is 59.6 Å². The van der Waals surface area contributed by atoms with E-state index in [1.165, 1.54) is 18.2 Å². The first kappa shape index (κ1) is 31.1. The van der Waals surface area contributed by atoms with Gasteiger partial charge in [-0.2, -0.15) is 15.4 Å². The Morgan fingerprint density at radius 3 is 2.43 bits per heavy atom. The Bertz CT molecular complexity index is 1830. The van der Waals surface area contributed by atoms with Crippen LogP contribution in [-0.2, 0) is 26.0 Å². The predicted octanol–water partition coefficient (Wildman–Crippen LogP) is 6.65. The van der Waals surface area contributed by atoms with Crippen LogP contribution in [0.2, 0.25) is 10.0 Å². The zero-order valence-electron chi connectivity index (χ0n) is 24.7. The molecule has 9 nitrogen and oxygen atoms in total. The number of carbonyl (C=O) groups excluding carboxylic acids is 1. The molecule has 3 fully saturated rings. The highest BCUT2D eigenvalue weighted by Gasteiger charge is 2.60. The first-order chi connectivity index (χ1) is 22.1. The van der Waals surface area contributed by atoms with Gasteiger partial charge < -0.3 is 9.64 Å². The average Bonchev–Trinajstić information content (AvgIpc) is 3.97. The highest BCUT2D eigenvalue weighted by atomic mass is 35.5. The van der Waals surface area contributed by atoms with Gasteiger partial charge in [0.25, 0.3) is 5.91 Å². The second-order valence-corrected chi connectivity index (χ2v) is 15.3. The Hall–Kier alpha value is -3.51. The second kappa shape index (κ2) is 12.3. The number of hydrogen-bond acceptors (Lipinski definition) is 6. The molecule has 0 unspecified atom stereocenters. The zero-order chi connectivity index (χ0) is 32.1. The van der Waals surface area contributed by atoms with Gasteiger partial charge in [0.1, 0.15) is 18.0 Å². The Kier molecular flexibility index (Phi) is 8.29. The van der Waals surface area contributed by atoms with E-state index in [1.54, 1.807) is 30.5 Å². The first-order valence-electron chi connectivity index (χ1n) is 15.2. The van der Waals surface area contributed by atoms with E-state index < -0.39 is 44.9 Å². The number of carbonyl (C=O) groups is 1. The van der Waals surface area contributed by atoms with E-state index in [9.17, 15) is 17.6 Å². The highest BCUT2D eigenvalue weighted by molar-refractivity contribution is 7.94. The molecule has 0 radical (unpaired) electrons. The summed E-state index contributed by atoms with van der Waals surface area (Å²) in [6, 6.07) is 19.3. The van der Waals surface area contributed by atoms with E-state index in [0.717, 1.165) is 24.0 Å². The van der Waals surface area contributed by atoms with E-state index in [1.807, 2.05) is 35.2 Å². The van der Waals surface area contributed by atoms with E-state index in [-0.39, 0.29) is 30.4 Å². The fourth-order valence-corrected chi connectivity index (χ4v) is 8.62. The van der Waals surface area contributed by atoms with Crippen molar-refractivity contribution in [2.75, 3.05) is 4.72 Å². The van der Waals surface area contributed by atoms with Crippen molar-refractivity contribution in [1.82, 2.24) is 20.3 Å². The van der Waals surface area contributed by atoms with Crippen LogP contribution < -0.4 is 4.72 Å². The number of H-pyrrole nitrogens is 1. The van der Waals surface area contributed by atoms with Gasteiger partial charge in [-0.15, -0.1) is 0 Å². The fraction of sp³-hybridized carbons (Fsp3) is 0.364. The molecule has 13 heteroatoms. The summed E-state index contributed by atoms with van der Waals surface area (Å²) in [6.45, 7) is 0. The third-order valence-electron chi connectivity index (χ3n) is 9.28. The standard InChI is InChI=1S/C33H32Cl2FN5O4S/c34-23-12-10-21(11-13-23)30-31(22-4-3-5-24(35)16-22)45-29(17-25-19-37-40-38-25)32(42)41(30)28(20-8-9-20)18-33(14-15-33)46(43,44)39-27-7-2-1-6-26(27)36/h1-7,10-13,16,19-20,28-31,39H,8-9,14-15,17-18H2,(H,37,38,40)/t28-,29-,30+,31+/m0/s1. The van der Waals surface area contributed by atoms with Crippen molar-refractivity contribution in [3.63, 3.8) is 0 Å². The second-order valence-electron chi connectivity index (χ2n) is 12.4. The molecule has 240 valence electrons. The molecule has 1 saturated heterocycles. The van der Waals surface area contributed by atoms with Gasteiger partial charge in [0.15, 0.2) is 0 Å². The van der Waals surface area contributed by atoms with Crippen LogP contribution in [0.4, 0.5) is 10.1 Å². The lowest BCUT2D eigenvalue weighted by molar-refractivity contribution is -0.180. The third kappa shape index (κ3) is 6.13. The number of halogens is 3. The lowest BCUT2D eigenvalue weighted by Gasteiger charge is -2.49. The Morgan fingerprint density at radius 1 is 1.02 bits per heavy atom. The Morgan fingerprint density at radius 2 is 1.78 bits per heavy atom. The molecule has 2 heterocycles. The van der Waals surface area contributed by atoms with Crippen LogP contribution in [0.5, 0.6) is 0 Å². The van der Waals surface area contributed by atoms with Crippen molar-refractivity contribution in [2.24, 2.45) is 5.92 Å². The number of nitrogens with one attached hydrogen (secondary N) is 2. The molecule has 2 saturated carbocycles. The van der Waals surface area contributed by atoms with E-state index in [4.69, 9.17) is 27.9 Å². The van der Waals surface area contributed by atoms with Crippen molar-refractivity contribution >= 4 is 44.8 Å². The van der Waals surface area contributed by atoms with Crippen LogP contribution >= 0.6 is 23.2 Å². The van der Waals surface area contributed by atoms with Gasteiger partial charge in [-0.05, 0) is 85.5 Å². The minimum Gasteiger partial charge on any atom is -0.358 e. The summed E-state index contributed by atoms with van der Waals surface area (Å²) in [6.07, 6.45) is 2.90. The maximum atomic E-state index is 14.7. The molecule has 2 N–H and O–H groups in total. The topological polar surface area (TPSA) is 117 Å². The maximum absolute atomic E-state index is 14.7. The molecule has 4 aromatic rings. The summed E-state index contributed by atoms with van der Waals surface area (Å²) in [5.41, 5.74) is 2.04. The number of anilines is 1. The first-order valence-corrected chi connectivity index (χ1v) is 17.5. The number of sulfonamides is 1. The summed E-state index contributed by atoms with van der Waals surface area (Å²) < 4.78 is 50.4. The van der Waals surface area contributed by atoms with Gasteiger partial charge in [0, 0.05) is 22.5 Å². The van der Waals surface area contributed by atoms with E-state index in [0.29, 0.717) is 28.6 Å². The van der Waals surface area contributed by atoms with Crippen LogP contribution in [-0.4, -0.2) is 51.5 Å². The number of rotatable bonds is 11. The minimum atomic E-state index is -4.01. The summed E-state index contributed by atoms with van der Waals surface area (Å²) in [5, 5.41) is 11.7. The summed E-state index contributed by atoms with van der Waals surface area (Å²) in [4.78, 5) is 16.5. The number of aromatic nitrogens is 3. The molecule has 1 aromatic heterocycles. The highest BCUT2D eigenvalue weighted by Crippen LogP contribution is 2.55. The van der Waals surface area contributed by atoms with Crippen LogP contribution in [0.3, 0.4) is 0 Å². The fourth-order valence-electron chi connectivity index (χ4n) is 6.59. The number of nitrogens with zero attached hydrogens (tertiary/aromatic N) is 3. The lowest BCUT2D eigenvalue weighted by atomic mass is 9.88. The van der Waals surface area contributed by atoms with Crippen molar-refractivity contribution in [3.05, 3.63) is 112 Å². The Labute approximate surface area is 276 Å². The zero-order valence-corrected chi connectivity index (χ0v) is 27.0. The molecule has 46 heavy (non-hydrogen) atoms. The molecule has 2 aliphatic carbocycles. The normalized spacial score (nSPS) is 23.2. The van der Waals surface area contributed by atoms with Crippen molar-refractivity contribution in [2.45, 2.75) is 67.6 Å². The van der Waals surface area contributed by atoms with Crippen LogP contribution in [0, 0.1) is 11.7 Å². The largest absolute Gasteiger partial charge is 0.358 e. The number of amides is 1. The third-order valence-corrected chi connectivity index (χ3v) is 12.0. The van der Waals surface area contributed by atoms with Crippen molar-refractivity contribution < 1.29 is 22.3 Å². The van der Waals surface area contributed by atoms with Gasteiger partial charge in [-0.25, -0.2) is 12.8 Å². The number of hydrogen-bond donors (Lipinski definition) is 2. The minimum absolute atomic E-state index is 0.0886. The van der Waals surface area contributed by atoms with Crippen molar-refractivity contribution in [3.8, 4) is 0 Å². The SMILES string of the molecule is O=C1[C@H](Cc2cn[nH]n2)O[C@H](c2cccc(Cl)c2)[C@@H](c2ccc(Cl)cc2)N1[C@@H](CC1(S(=O)(=O)Nc2ccccc2F)CC1)C1CC1. The molecule has 3 aliphatic rings. The molecule has 3 aromatic carbocycles. The molecule has 0 bridgehead atoms. The molecule has 7 rings (SSSR count). The molecule has 1 amide bonds. The van der Waals surface area contributed by atoms with Crippen LogP contribution in [0.25, 0.3) is 0 Å². The molecule has 1 aliphatic heterocycles. The van der Waals surface area contributed by atoms with Crippen LogP contribution in [0.15, 0.2) is 79.0 Å². The van der Waals surface area contributed by atoms with E-state index >= 15 is 0 Å². The summed E-state index contributed by atoms with van der Waals surface area (Å²) in [7, 11) is -4.01. The van der Waals surface area contributed by atoms with Gasteiger partial charge >= 0.3 is 0 Å². The predicted molar refractivity (Wildman–Crippen MR) is 172 cm³/mol. The monoisotopic (exact) mass is 683 g/mol. The molecular formula is C33H32Cl2FN5O4S. The quantitative estimate of drug-likeness (QED) is 0.183. The lowest BCUT2D eigenvalue weighted by Crippen LogP contribution is -2.57. The number of ether oxygens (including phenoxy) is 1. The molecular weight excluding hydrogens is 652 g/mol. The molecule has 0 spiro atoms. The number of benzene rings is 3. The van der Waals surface area contributed by atoms with Gasteiger partial charge in [0.05, 0.1) is 28.4 Å². The van der Waals surface area contributed by atoms with Gasteiger partial charge in [-0.3, -0.25) is 9.52 Å². The number of aromatic amines is 1. The number of morpholine rings is 1. The summed E-state index contributed by atoms with van der Waals surface area (Å²) >= 11 is 12.8. The summed E-state index contributed by atoms with van der Waals surface area (Å²) in [5.74, 6) is -0.814. The van der Waals surface area contributed by atoms with Gasteiger partial charge in [0.2, 0.25) is 10.0 Å². The van der Waals surface area contributed by atoms with Crippen molar-refractivity contribution in [1.29, 1.82) is 0 Å².